The predicted octanol–water partition coefficient (Wildman–Crippen LogP) is 2.47. The number of hydrogen-bond donors (Lipinski definition) is 2. The number of rotatable bonds is 6. The van der Waals surface area contributed by atoms with Crippen LogP contribution >= 0.6 is 0 Å². The van der Waals surface area contributed by atoms with Crippen molar-refractivity contribution in [2.45, 2.75) is 45.6 Å². The normalized spacial score (nSPS) is 11.7. The summed E-state index contributed by atoms with van der Waals surface area (Å²) in [5.41, 5.74) is 2.10. The molecule has 0 bridgehead atoms. The third kappa shape index (κ3) is 4.67. The van der Waals surface area contributed by atoms with Crippen LogP contribution in [-0.4, -0.2) is 25.0 Å². The van der Waals surface area contributed by atoms with Gasteiger partial charge in [0.2, 0.25) is 5.91 Å². The molecule has 0 spiro atoms. The van der Waals surface area contributed by atoms with E-state index in [2.05, 4.69) is 48.7 Å². The highest BCUT2D eigenvalue weighted by molar-refractivity contribution is 5.85. The SMILES string of the molecule is CNC(C)(C)C(=O)NCCc1ccc(C(C)C)cc1. The highest BCUT2D eigenvalue weighted by Crippen LogP contribution is 2.14. The van der Waals surface area contributed by atoms with Gasteiger partial charge in [-0.3, -0.25) is 4.79 Å². The lowest BCUT2D eigenvalue weighted by molar-refractivity contribution is -0.126. The highest BCUT2D eigenvalue weighted by atomic mass is 16.2. The summed E-state index contributed by atoms with van der Waals surface area (Å²) in [7, 11) is 1.80. The maximum absolute atomic E-state index is 11.9. The first-order valence-corrected chi connectivity index (χ1v) is 6.93. The molecule has 0 fully saturated rings. The van der Waals surface area contributed by atoms with Crippen LogP contribution in [0, 0.1) is 0 Å². The predicted molar refractivity (Wildman–Crippen MR) is 80.4 cm³/mol. The van der Waals surface area contributed by atoms with Crippen LogP contribution in [0.4, 0.5) is 0 Å². The molecule has 1 aromatic rings. The van der Waals surface area contributed by atoms with E-state index in [1.807, 2.05) is 13.8 Å². The Bertz CT molecular complexity index is 407. The molecule has 3 heteroatoms. The van der Waals surface area contributed by atoms with Crippen molar-refractivity contribution in [1.29, 1.82) is 0 Å². The molecule has 0 aliphatic rings. The van der Waals surface area contributed by atoms with Gasteiger partial charge in [0, 0.05) is 6.54 Å². The maximum Gasteiger partial charge on any atom is 0.239 e. The van der Waals surface area contributed by atoms with E-state index in [4.69, 9.17) is 0 Å². The van der Waals surface area contributed by atoms with Gasteiger partial charge in [0.1, 0.15) is 0 Å². The fourth-order valence-electron chi connectivity index (χ4n) is 1.72. The topological polar surface area (TPSA) is 41.1 Å². The van der Waals surface area contributed by atoms with Crippen molar-refractivity contribution in [3.63, 3.8) is 0 Å². The molecule has 2 N–H and O–H groups in total. The third-order valence-corrected chi connectivity index (χ3v) is 3.54. The molecule has 0 saturated carbocycles. The summed E-state index contributed by atoms with van der Waals surface area (Å²) < 4.78 is 0. The molecule has 3 nitrogen and oxygen atoms in total. The molecule has 106 valence electrons. The van der Waals surface area contributed by atoms with Crippen molar-refractivity contribution < 1.29 is 4.79 Å². The summed E-state index contributed by atoms with van der Waals surface area (Å²) >= 11 is 0. The Kier molecular flexibility index (Phi) is 5.55. The Morgan fingerprint density at radius 3 is 2.26 bits per heavy atom. The van der Waals surface area contributed by atoms with Gasteiger partial charge in [-0.1, -0.05) is 38.1 Å². The Morgan fingerprint density at radius 1 is 1.21 bits per heavy atom. The monoisotopic (exact) mass is 262 g/mol. The first-order chi connectivity index (χ1) is 8.86. The van der Waals surface area contributed by atoms with Gasteiger partial charge >= 0.3 is 0 Å². The number of likely N-dealkylation sites (N-methyl/N-ethyl adjacent to an activating group) is 1. The second-order valence-corrected chi connectivity index (χ2v) is 5.78. The zero-order valence-corrected chi connectivity index (χ0v) is 12.7. The van der Waals surface area contributed by atoms with Crippen LogP contribution in [0.25, 0.3) is 0 Å². The number of carbonyl (C=O) groups excluding carboxylic acids is 1. The zero-order chi connectivity index (χ0) is 14.5. The standard InChI is InChI=1S/C16H26N2O/c1-12(2)14-8-6-13(7-9-14)10-11-18-15(19)16(3,4)17-5/h6-9,12,17H,10-11H2,1-5H3,(H,18,19). The van der Waals surface area contributed by atoms with Crippen molar-refractivity contribution in [3.05, 3.63) is 35.4 Å². The van der Waals surface area contributed by atoms with Gasteiger partial charge in [0.15, 0.2) is 0 Å². The van der Waals surface area contributed by atoms with Gasteiger partial charge in [-0.2, -0.15) is 0 Å². The van der Waals surface area contributed by atoms with E-state index in [1.165, 1.54) is 11.1 Å². The molecule has 0 atom stereocenters. The quantitative estimate of drug-likeness (QED) is 0.827. The molecule has 0 unspecified atom stereocenters. The second kappa shape index (κ2) is 6.71. The molecule has 0 aliphatic carbocycles. The molecule has 1 amide bonds. The summed E-state index contributed by atoms with van der Waals surface area (Å²) in [5.74, 6) is 0.596. The van der Waals surface area contributed by atoms with E-state index in [9.17, 15) is 4.79 Å². The molecule has 1 rings (SSSR count). The summed E-state index contributed by atoms with van der Waals surface area (Å²) in [6.45, 7) is 8.80. The number of benzene rings is 1. The average molecular weight is 262 g/mol. The Morgan fingerprint density at radius 2 is 1.79 bits per heavy atom. The van der Waals surface area contributed by atoms with Crippen molar-refractivity contribution in [3.8, 4) is 0 Å². The lowest BCUT2D eigenvalue weighted by Gasteiger charge is -2.22. The Labute approximate surface area is 116 Å². The van der Waals surface area contributed by atoms with E-state index < -0.39 is 5.54 Å². The third-order valence-electron chi connectivity index (χ3n) is 3.54. The molecule has 1 aromatic carbocycles. The molecule has 19 heavy (non-hydrogen) atoms. The molecule has 0 saturated heterocycles. The fourth-order valence-corrected chi connectivity index (χ4v) is 1.72. The lowest BCUT2D eigenvalue weighted by Crippen LogP contribution is -2.51. The van der Waals surface area contributed by atoms with Crippen LogP contribution in [0.5, 0.6) is 0 Å². The molecule has 0 aromatic heterocycles. The first-order valence-electron chi connectivity index (χ1n) is 6.93. The maximum atomic E-state index is 11.9. The zero-order valence-electron chi connectivity index (χ0n) is 12.7. The molecular formula is C16H26N2O. The number of nitrogens with one attached hydrogen (secondary N) is 2. The van der Waals surface area contributed by atoms with E-state index >= 15 is 0 Å². The minimum Gasteiger partial charge on any atom is -0.354 e. The summed E-state index contributed by atoms with van der Waals surface area (Å²) in [6, 6.07) is 8.62. The van der Waals surface area contributed by atoms with Crippen molar-refractivity contribution in [2.75, 3.05) is 13.6 Å². The molecule has 0 aliphatic heterocycles. The molecule has 0 radical (unpaired) electrons. The smallest absolute Gasteiger partial charge is 0.239 e. The van der Waals surface area contributed by atoms with E-state index in [0.29, 0.717) is 12.5 Å². The second-order valence-electron chi connectivity index (χ2n) is 5.78. The number of carbonyl (C=O) groups is 1. The van der Waals surface area contributed by atoms with Crippen molar-refractivity contribution in [1.82, 2.24) is 10.6 Å². The Balaban J connectivity index is 2.43. The van der Waals surface area contributed by atoms with Crippen LogP contribution in [0.3, 0.4) is 0 Å². The largest absolute Gasteiger partial charge is 0.354 e. The van der Waals surface area contributed by atoms with Crippen LogP contribution in [0.1, 0.15) is 44.7 Å². The van der Waals surface area contributed by atoms with Crippen molar-refractivity contribution in [2.24, 2.45) is 0 Å². The number of amides is 1. The van der Waals surface area contributed by atoms with Gasteiger partial charge in [0.25, 0.3) is 0 Å². The van der Waals surface area contributed by atoms with Gasteiger partial charge < -0.3 is 10.6 Å². The lowest BCUT2D eigenvalue weighted by atomic mass is 10.0. The molecular weight excluding hydrogens is 236 g/mol. The summed E-state index contributed by atoms with van der Waals surface area (Å²) in [6.07, 6.45) is 0.865. The summed E-state index contributed by atoms with van der Waals surface area (Å²) in [4.78, 5) is 11.9. The van der Waals surface area contributed by atoms with Gasteiger partial charge in [-0.05, 0) is 44.4 Å². The first kappa shape index (κ1) is 15.7. The van der Waals surface area contributed by atoms with Crippen LogP contribution in [0.15, 0.2) is 24.3 Å². The van der Waals surface area contributed by atoms with Gasteiger partial charge in [-0.15, -0.1) is 0 Å². The van der Waals surface area contributed by atoms with Crippen LogP contribution in [-0.2, 0) is 11.2 Å². The summed E-state index contributed by atoms with van der Waals surface area (Å²) in [5, 5.41) is 5.96. The molecule has 0 heterocycles. The van der Waals surface area contributed by atoms with E-state index in [-0.39, 0.29) is 5.91 Å². The van der Waals surface area contributed by atoms with Crippen molar-refractivity contribution >= 4 is 5.91 Å². The Hall–Kier alpha value is -1.35. The average Bonchev–Trinajstić information content (AvgIpc) is 2.39. The van der Waals surface area contributed by atoms with Crippen LogP contribution < -0.4 is 10.6 Å². The number of hydrogen-bond acceptors (Lipinski definition) is 2. The van der Waals surface area contributed by atoms with Gasteiger partial charge in [-0.25, -0.2) is 0 Å². The minimum absolute atomic E-state index is 0.0359. The van der Waals surface area contributed by atoms with E-state index in [0.717, 1.165) is 6.42 Å². The highest BCUT2D eigenvalue weighted by Gasteiger charge is 2.24. The fraction of sp³-hybridized carbons (Fsp3) is 0.562. The van der Waals surface area contributed by atoms with Gasteiger partial charge in [0.05, 0.1) is 5.54 Å². The van der Waals surface area contributed by atoms with E-state index in [1.54, 1.807) is 7.05 Å². The minimum atomic E-state index is -0.512. The van der Waals surface area contributed by atoms with Crippen LogP contribution in [0.2, 0.25) is 0 Å².